The monoisotopic (exact) mass is 437 g/mol. The van der Waals surface area contributed by atoms with E-state index in [0.29, 0.717) is 5.13 Å². The molecule has 4 bridgehead atoms. The quantitative estimate of drug-likeness (QED) is 0.619. The maximum Gasteiger partial charge on any atom is 0.230 e. The topological polar surface area (TPSA) is 71.1 Å². The molecule has 5 nitrogen and oxygen atoms in total. The fourth-order valence-electron chi connectivity index (χ4n) is 7.28. The molecule has 6 heteroatoms. The van der Waals surface area contributed by atoms with Crippen LogP contribution in [0, 0.1) is 29.1 Å². The second-order valence-electron chi connectivity index (χ2n) is 10.7. The van der Waals surface area contributed by atoms with E-state index in [-0.39, 0.29) is 23.1 Å². The summed E-state index contributed by atoms with van der Waals surface area (Å²) in [6, 6.07) is 5.92. The van der Waals surface area contributed by atoms with E-state index in [0.717, 1.165) is 78.6 Å². The third-order valence-electron chi connectivity index (χ3n) is 8.37. The van der Waals surface area contributed by atoms with Crippen LogP contribution in [0.25, 0.3) is 10.2 Å². The highest BCUT2D eigenvalue weighted by Gasteiger charge is 2.54. The number of carbonyl (C=O) groups excluding carboxylic acids is 2. The van der Waals surface area contributed by atoms with Gasteiger partial charge >= 0.3 is 0 Å². The lowest BCUT2D eigenvalue weighted by molar-refractivity contribution is -0.140. The van der Waals surface area contributed by atoms with Gasteiger partial charge in [0.15, 0.2) is 5.13 Å². The SMILES string of the molecule is O=C(Nc1nc2ccc(NC(=O)C34CC5CC(CC(C5)C3)C4)cc2s1)C1CCCCC1. The molecule has 2 N–H and O–H groups in total. The zero-order valence-corrected chi connectivity index (χ0v) is 18.8. The van der Waals surface area contributed by atoms with Gasteiger partial charge in [0.2, 0.25) is 11.8 Å². The van der Waals surface area contributed by atoms with Crippen LogP contribution in [0.5, 0.6) is 0 Å². The Kier molecular flexibility index (Phi) is 4.82. The standard InChI is InChI=1S/C25H31N3O2S/c29-22(18-4-2-1-3-5-18)28-24-27-20-7-6-19(11-21(20)31-24)26-23(30)25-12-15-8-16(13-25)10-17(9-15)14-25/h6-7,11,15-18H,1-5,8-10,12-14H2,(H,26,30)(H,27,28,29). The van der Waals surface area contributed by atoms with Crippen molar-refractivity contribution in [1.29, 1.82) is 0 Å². The van der Waals surface area contributed by atoms with Crippen molar-refractivity contribution in [2.24, 2.45) is 29.1 Å². The molecular formula is C25H31N3O2S. The molecule has 0 atom stereocenters. The normalized spacial score (nSPS) is 32.3. The van der Waals surface area contributed by atoms with Crippen LogP contribution in [0.3, 0.4) is 0 Å². The highest BCUT2D eigenvalue weighted by Crippen LogP contribution is 2.60. The zero-order valence-electron chi connectivity index (χ0n) is 18.0. The van der Waals surface area contributed by atoms with Gasteiger partial charge in [0.25, 0.3) is 0 Å². The summed E-state index contributed by atoms with van der Waals surface area (Å²) < 4.78 is 1.00. The van der Waals surface area contributed by atoms with Crippen LogP contribution >= 0.6 is 11.3 Å². The van der Waals surface area contributed by atoms with Crippen LogP contribution < -0.4 is 10.6 Å². The molecule has 5 aliphatic carbocycles. The second kappa shape index (κ2) is 7.58. The number of nitrogens with one attached hydrogen (secondary N) is 2. The van der Waals surface area contributed by atoms with Gasteiger partial charge in [-0.25, -0.2) is 4.98 Å². The summed E-state index contributed by atoms with van der Waals surface area (Å²) in [4.78, 5) is 30.5. The Hall–Kier alpha value is -1.95. The number of hydrogen-bond acceptors (Lipinski definition) is 4. The van der Waals surface area contributed by atoms with E-state index in [1.165, 1.54) is 37.0 Å². The van der Waals surface area contributed by atoms with Gasteiger partial charge in [-0.2, -0.15) is 0 Å². The fourth-order valence-corrected chi connectivity index (χ4v) is 8.19. The maximum absolute atomic E-state index is 13.3. The van der Waals surface area contributed by atoms with Crippen LogP contribution in [0.4, 0.5) is 10.8 Å². The molecule has 5 saturated carbocycles. The van der Waals surface area contributed by atoms with Crippen LogP contribution in [0.2, 0.25) is 0 Å². The number of thiazole rings is 1. The summed E-state index contributed by atoms with van der Waals surface area (Å²) in [5.74, 6) is 2.73. The molecule has 164 valence electrons. The van der Waals surface area contributed by atoms with Crippen molar-refractivity contribution in [3.63, 3.8) is 0 Å². The number of rotatable bonds is 4. The lowest BCUT2D eigenvalue weighted by Gasteiger charge is -2.55. The van der Waals surface area contributed by atoms with E-state index in [1.807, 2.05) is 18.2 Å². The van der Waals surface area contributed by atoms with E-state index in [1.54, 1.807) is 0 Å². The van der Waals surface area contributed by atoms with Crippen LogP contribution in [-0.4, -0.2) is 16.8 Å². The minimum atomic E-state index is -0.142. The largest absolute Gasteiger partial charge is 0.326 e. The minimum Gasteiger partial charge on any atom is -0.326 e. The fraction of sp³-hybridized carbons (Fsp3) is 0.640. The molecule has 0 spiro atoms. The van der Waals surface area contributed by atoms with Gasteiger partial charge in [0.1, 0.15) is 0 Å². The average Bonchev–Trinajstić information content (AvgIpc) is 3.15. The number of fused-ring (bicyclic) bond motifs is 1. The van der Waals surface area contributed by atoms with E-state index in [4.69, 9.17) is 0 Å². The third kappa shape index (κ3) is 3.67. The van der Waals surface area contributed by atoms with Crippen LogP contribution in [0.1, 0.15) is 70.6 Å². The molecule has 0 unspecified atom stereocenters. The summed E-state index contributed by atoms with van der Waals surface area (Å²) in [5.41, 5.74) is 1.58. The predicted octanol–water partition coefficient (Wildman–Crippen LogP) is 5.97. The van der Waals surface area contributed by atoms with Crippen molar-refractivity contribution < 1.29 is 9.59 Å². The Morgan fingerprint density at radius 3 is 2.29 bits per heavy atom. The first-order valence-electron chi connectivity index (χ1n) is 12.1. The lowest BCUT2D eigenvalue weighted by atomic mass is 9.49. The van der Waals surface area contributed by atoms with Gasteiger partial charge in [0, 0.05) is 11.6 Å². The van der Waals surface area contributed by atoms with Crippen molar-refractivity contribution >= 4 is 44.2 Å². The van der Waals surface area contributed by atoms with E-state index < -0.39 is 0 Å². The number of hydrogen-bond donors (Lipinski definition) is 2. The smallest absolute Gasteiger partial charge is 0.230 e. The Balaban J connectivity index is 1.16. The first-order valence-corrected chi connectivity index (χ1v) is 12.9. The predicted molar refractivity (Wildman–Crippen MR) is 124 cm³/mol. The number of carbonyl (C=O) groups is 2. The Bertz CT molecular complexity index is 988. The molecule has 1 heterocycles. The number of amides is 2. The zero-order chi connectivity index (χ0) is 21.0. The Morgan fingerprint density at radius 1 is 0.935 bits per heavy atom. The molecule has 7 rings (SSSR count). The molecule has 2 amide bonds. The highest BCUT2D eigenvalue weighted by molar-refractivity contribution is 7.22. The first-order chi connectivity index (χ1) is 15.1. The molecule has 5 aliphatic rings. The van der Waals surface area contributed by atoms with Gasteiger partial charge in [-0.15, -0.1) is 0 Å². The molecule has 0 radical (unpaired) electrons. The first kappa shape index (κ1) is 19.7. The summed E-state index contributed by atoms with van der Waals surface area (Å²) >= 11 is 1.50. The van der Waals surface area contributed by atoms with Crippen LogP contribution in [0.15, 0.2) is 18.2 Å². The number of anilines is 2. The van der Waals surface area contributed by atoms with E-state index in [9.17, 15) is 9.59 Å². The Labute approximate surface area is 187 Å². The average molecular weight is 438 g/mol. The van der Waals surface area contributed by atoms with Crippen molar-refractivity contribution in [3.05, 3.63) is 18.2 Å². The summed E-state index contributed by atoms with van der Waals surface area (Å²) in [6.07, 6.45) is 12.7. The molecule has 0 aliphatic heterocycles. The van der Waals surface area contributed by atoms with Crippen LogP contribution in [-0.2, 0) is 9.59 Å². The van der Waals surface area contributed by atoms with Gasteiger partial charge in [0.05, 0.1) is 15.6 Å². The van der Waals surface area contributed by atoms with Gasteiger partial charge in [-0.05, 0) is 87.3 Å². The van der Waals surface area contributed by atoms with Gasteiger partial charge < -0.3 is 10.6 Å². The summed E-state index contributed by atoms with van der Waals surface area (Å²) in [7, 11) is 0. The molecule has 5 fully saturated rings. The summed E-state index contributed by atoms with van der Waals surface area (Å²) in [6.45, 7) is 0. The van der Waals surface area contributed by atoms with Crippen molar-refractivity contribution in [2.75, 3.05) is 10.6 Å². The molecule has 31 heavy (non-hydrogen) atoms. The number of aromatic nitrogens is 1. The van der Waals surface area contributed by atoms with Gasteiger partial charge in [-0.3, -0.25) is 9.59 Å². The maximum atomic E-state index is 13.3. The number of benzene rings is 1. The molecule has 1 aromatic carbocycles. The van der Waals surface area contributed by atoms with Crippen molar-refractivity contribution in [1.82, 2.24) is 4.98 Å². The highest BCUT2D eigenvalue weighted by atomic mass is 32.1. The molecular weight excluding hydrogens is 406 g/mol. The lowest BCUT2D eigenvalue weighted by Crippen LogP contribution is -2.51. The van der Waals surface area contributed by atoms with Crippen molar-refractivity contribution in [3.8, 4) is 0 Å². The summed E-state index contributed by atoms with van der Waals surface area (Å²) in [5, 5.41) is 6.94. The van der Waals surface area contributed by atoms with E-state index in [2.05, 4.69) is 15.6 Å². The minimum absolute atomic E-state index is 0.106. The van der Waals surface area contributed by atoms with Gasteiger partial charge in [-0.1, -0.05) is 30.6 Å². The number of nitrogens with zero attached hydrogens (tertiary/aromatic N) is 1. The van der Waals surface area contributed by atoms with E-state index >= 15 is 0 Å². The third-order valence-corrected chi connectivity index (χ3v) is 9.31. The molecule has 1 aromatic heterocycles. The molecule has 0 saturated heterocycles. The Morgan fingerprint density at radius 2 is 1.61 bits per heavy atom. The van der Waals surface area contributed by atoms with Crippen molar-refractivity contribution in [2.45, 2.75) is 70.6 Å². The molecule has 2 aromatic rings. The second-order valence-corrected chi connectivity index (χ2v) is 11.7.